The van der Waals surface area contributed by atoms with Crippen molar-refractivity contribution in [2.24, 2.45) is 0 Å². The lowest BCUT2D eigenvalue weighted by atomic mass is 9.95. The molecule has 5 nitrogen and oxygen atoms in total. The lowest BCUT2D eigenvalue weighted by Gasteiger charge is -2.24. The molecule has 21 heavy (non-hydrogen) atoms. The second kappa shape index (κ2) is 8.41. The molecule has 0 saturated heterocycles. The van der Waals surface area contributed by atoms with E-state index in [4.69, 9.17) is 0 Å². The number of aryl methyl sites for hydroxylation is 1. The molecule has 1 aliphatic rings. The van der Waals surface area contributed by atoms with Crippen LogP contribution < -0.4 is 5.32 Å². The van der Waals surface area contributed by atoms with Gasteiger partial charge in [-0.15, -0.1) is 10.2 Å². The topological polar surface area (TPSA) is 59.8 Å². The Morgan fingerprint density at radius 3 is 2.81 bits per heavy atom. The van der Waals surface area contributed by atoms with Crippen LogP contribution in [-0.2, 0) is 4.79 Å². The van der Waals surface area contributed by atoms with Crippen LogP contribution in [0.3, 0.4) is 0 Å². The van der Waals surface area contributed by atoms with Crippen LogP contribution in [0.2, 0.25) is 0 Å². The van der Waals surface area contributed by atoms with Crippen molar-refractivity contribution >= 4 is 17.7 Å². The second-order valence-corrected chi connectivity index (χ2v) is 6.63. The van der Waals surface area contributed by atoms with Gasteiger partial charge in [0.15, 0.2) is 5.16 Å². The summed E-state index contributed by atoms with van der Waals surface area (Å²) in [5.41, 5.74) is 0. The molecule has 1 aromatic heterocycles. The van der Waals surface area contributed by atoms with E-state index in [1.54, 1.807) is 0 Å². The number of thioether (sulfide) groups is 1. The van der Waals surface area contributed by atoms with Crippen LogP contribution in [0.25, 0.3) is 0 Å². The molecule has 0 spiro atoms. The Morgan fingerprint density at radius 1 is 1.33 bits per heavy atom. The van der Waals surface area contributed by atoms with Gasteiger partial charge in [0, 0.05) is 12.6 Å². The van der Waals surface area contributed by atoms with Crippen molar-refractivity contribution in [3.63, 3.8) is 0 Å². The average Bonchev–Trinajstić information content (AvgIpc) is 2.87. The quantitative estimate of drug-likeness (QED) is 0.621. The summed E-state index contributed by atoms with van der Waals surface area (Å²) in [5, 5.41) is 12.3. The predicted molar refractivity (Wildman–Crippen MR) is 85.5 cm³/mol. The third-order valence-electron chi connectivity index (χ3n) is 3.96. The average molecular weight is 310 g/mol. The molecular weight excluding hydrogens is 284 g/mol. The highest BCUT2D eigenvalue weighted by Gasteiger charge is 2.21. The molecule has 1 aromatic rings. The number of nitrogens with zero attached hydrogens (tertiary/aromatic N) is 3. The Labute approximate surface area is 131 Å². The Kier molecular flexibility index (Phi) is 6.54. The van der Waals surface area contributed by atoms with E-state index in [1.807, 2.05) is 6.92 Å². The van der Waals surface area contributed by atoms with Gasteiger partial charge in [0.2, 0.25) is 5.91 Å². The second-order valence-electron chi connectivity index (χ2n) is 5.68. The molecule has 0 aliphatic heterocycles. The van der Waals surface area contributed by atoms with Gasteiger partial charge in [-0.25, -0.2) is 0 Å². The molecule has 0 aromatic carbocycles. The van der Waals surface area contributed by atoms with Crippen LogP contribution in [-0.4, -0.2) is 33.0 Å². The first-order chi connectivity index (χ1) is 10.2. The van der Waals surface area contributed by atoms with Gasteiger partial charge in [-0.2, -0.15) is 0 Å². The number of nitrogens with one attached hydrogen (secondary N) is 1. The molecule has 0 radical (unpaired) electrons. The van der Waals surface area contributed by atoms with E-state index >= 15 is 0 Å². The first-order valence-corrected chi connectivity index (χ1v) is 9.02. The van der Waals surface area contributed by atoms with Crippen LogP contribution in [0.4, 0.5) is 0 Å². The van der Waals surface area contributed by atoms with E-state index in [0.717, 1.165) is 30.4 Å². The molecule has 0 bridgehead atoms. The summed E-state index contributed by atoms with van der Waals surface area (Å²) >= 11 is 1.50. The maximum absolute atomic E-state index is 11.8. The minimum Gasteiger partial charge on any atom is -0.355 e. The Bertz CT molecular complexity index is 455. The monoisotopic (exact) mass is 310 g/mol. The third-order valence-corrected chi connectivity index (χ3v) is 4.90. The molecule has 1 N–H and O–H groups in total. The molecule has 1 fully saturated rings. The van der Waals surface area contributed by atoms with Crippen LogP contribution >= 0.6 is 11.8 Å². The van der Waals surface area contributed by atoms with Crippen molar-refractivity contribution < 1.29 is 4.79 Å². The molecule has 0 atom stereocenters. The SMILES string of the molecule is CCCCNC(=O)CSc1nnc(C)n1C1CCCCC1. The van der Waals surface area contributed by atoms with Gasteiger partial charge in [-0.1, -0.05) is 44.4 Å². The van der Waals surface area contributed by atoms with Gasteiger partial charge in [-0.05, 0) is 26.2 Å². The first kappa shape index (κ1) is 16.3. The molecule has 6 heteroatoms. The zero-order chi connectivity index (χ0) is 15.1. The van der Waals surface area contributed by atoms with Gasteiger partial charge < -0.3 is 9.88 Å². The van der Waals surface area contributed by atoms with Crippen molar-refractivity contribution in [2.75, 3.05) is 12.3 Å². The Balaban J connectivity index is 1.89. The summed E-state index contributed by atoms with van der Waals surface area (Å²) in [6.45, 7) is 4.90. The fourth-order valence-corrected chi connectivity index (χ4v) is 3.67. The largest absolute Gasteiger partial charge is 0.355 e. The lowest BCUT2D eigenvalue weighted by molar-refractivity contribution is -0.118. The summed E-state index contributed by atoms with van der Waals surface area (Å²) in [6, 6.07) is 0.513. The number of unbranched alkanes of at least 4 members (excludes halogenated alkanes) is 1. The smallest absolute Gasteiger partial charge is 0.230 e. The number of carbonyl (C=O) groups is 1. The lowest BCUT2D eigenvalue weighted by Crippen LogP contribution is -2.26. The van der Waals surface area contributed by atoms with Gasteiger partial charge in [-0.3, -0.25) is 4.79 Å². The highest BCUT2D eigenvalue weighted by molar-refractivity contribution is 7.99. The molecule has 1 amide bonds. The summed E-state index contributed by atoms with van der Waals surface area (Å²) in [6.07, 6.45) is 8.44. The van der Waals surface area contributed by atoms with Crippen molar-refractivity contribution in [1.82, 2.24) is 20.1 Å². The van der Waals surface area contributed by atoms with E-state index in [2.05, 4.69) is 27.0 Å². The fraction of sp³-hybridized carbons (Fsp3) is 0.800. The van der Waals surface area contributed by atoms with Crippen LogP contribution in [0.15, 0.2) is 5.16 Å². The van der Waals surface area contributed by atoms with Gasteiger partial charge >= 0.3 is 0 Å². The van der Waals surface area contributed by atoms with Gasteiger partial charge in [0.1, 0.15) is 5.82 Å². The van der Waals surface area contributed by atoms with Crippen molar-refractivity contribution in [3.8, 4) is 0 Å². The molecule has 1 heterocycles. The minimum atomic E-state index is 0.0873. The van der Waals surface area contributed by atoms with Gasteiger partial charge in [0.25, 0.3) is 0 Å². The number of carbonyl (C=O) groups excluding carboxylic acids is 1. The minimum absolute atomic E-state index is 0.0873. The summed E-state index contributed by atoms with van der Waals surface area (Å²) in [7, 11) is 0. The number of aromatic nitrogens is 3. The Morgan fingerprint density at radius 2 is 2.10 bits per heavy atom. The highest BCUT2D eigenvalue weighted by atomic mass is 32.2. The summed E-state index contributed by atoms with van der Waals surface area (Å²) in [5.74, 6) is 1.48. The van der Waals surface area contributed by atoms with Crippen molar-refractivity contribution in [1.29, 1.82) is 0 Å². The van der Waals surface area contributed by atoms with Crippen molar-refractivity contribution in [3.05, 3.63) is 5.82 Å². The Hall–Kier alpha value is -1.04. The molecule has 0 unspecified atom stereocenters. The van der Waals surface area contributed by atoms with Crippen LogP contribution in [0.5, 0.6) is 0 Å². The van der Waals surface area contributed by atoms with Crippen molar-refractivity contribution in [2.45, 2.75) is 70.0 Å². The van der Waals surface area contributed by atoms with E-state index < -0.39 is 0 Å². The third kappa shape index (κ3) is 4.73. The molecule has 1 saturated carbocycles. The maximum Gasteiger partial charge on any atom is 0.230 e. The number of amides is 1. The standard InChI is InChI=1S/C15H26N4OS/c1-3-4-10-16-14(20)11-21-15-18-17-12(2)19(15)13-8-6-5-7-9-13/h13H,3-11H2,1-2H3,(H,16,20). The molecule has 118 valence electrons. The van der Waals surface area contributed by atoms with E-state index in [-0.39, 0.29) is 5.91 Å². The molecular formula is C15H26N4OS. The number of rotatable bonds is 7. The number of hydrogen-bond donors (Lipinski definition) is 1. The highest BCUT2D eigenvalue weighted by Crippen LogP contribution is 2.32. The van der Waals surface area contributed by atoms with E-state index in [9.17, 15) is 4.79 Å². The van der Waals surface area contributed by atoms with Crippen LogP contribution in [0, 0.1) is 6.92 Å². The molecule has 1 aliphatic carbocycles. The maximum atomic E-state index is 11.8. The van der Waals surface area contributed by atoms with E-state index in [1.165, 1.54) is 43.9 Å². The van der Waals surface area contributed by atoms with E-state index in [0.29, 0.717) is 11.8 Å². The summed E-state index contributed by atoms with van der Waals surface area (Å²) in [4.78, 5) is 11.8. The number of hydrogen-bond acceptors (Lipinski definition) is 4. The predicted octanol–water partition coefficient (Wildman–Crippen LogP) is 3.10. The van der Waals surface area contributed by atoms with Gasteiger partial charge in [0.05, 0.1) is 5.75 Å². The van der Waals surface area contributed by atoms with Crippen LogP contribution in [0.1, 0.15) is 63.7 Å². The zero-order valence-corrected chi connectivity index (χ0v) is 13.9. The first-order valence-electron chi connectivity index (χ1n) is 8.03. The summed E-state index contributed by atoms with van der Waals surface area (Å²) < 4.78 is 2.24. The molecule has 2 rings (SSSR count). The zero-order valence-electron chi connectivity index (χ0n) is 13.1. The normalized spacial score (nSPS) is 16.1. The fourth-order valence-electron chi connectivity index (χ4n) is 2.79.